The van der Waals surface area contributed by atoms with Crippen LogP contribution in [0.5, 0.6) is 0 Å². The minimum absolute atomic E-state index is 0.733. The van der Waals surface area contributed by atoms with Gasteiger partial charge < -0.3 is 13.3 Å². The van der Waals surface area contributed by atoms with Gasteiger partial charge in [-0.2, -0.15) is 0 Å². The van der Waals surface area contributed by atoms with Gasteiger partial charge in [0.25, 0.3) is 0 Å². The van der Waals surface area contributed by atoms with E-state index >= 15 is 0 Å². The summed E-state index contributed by atoms with van der Waals surface area (Å²) in [5.74, 6) is 0. The van der Waals surface area contributed by atoms with Crippen molar-refractivity contribution in [3.8, 4) is 0 Å². The molecule has 20 heavy (non-hydrogen) atoms. The normalized spacial score (nSPS) is 16.9. The van der Waals surface area contributed by atoms with Gasteiger partial charge in [0, 0.05) is 19.8 Å². The minimum atomic E-state index is -2.63. The highest BCUT2D eigenvalue weighted by molar-refractivity contribution is 6.68. The number of allylic oxidation sites excluding steroid dienone is 2. The van der Waals surface area contributed by atoms with E-state index in [0.29, 0.717) is 0 Å². The molecule has 0 fully saturated rings. The molecule has 0 heterocycles. The molecule has 1 rings (SSSR count). The molecule has 0 spiro atoms. The highest BCUT2D eigenvalue weighted by Gasteiger charge is 2.45. The van der Waals surface area contributed by atoms with E-state index in [4.69, 9.17) is 13.3 Å². The highest BCUT2D eigenvalue weighted by Crippen LogP contribution is 2.29. The van der Waals surface area contributed by atoms with Crippen molar-refractivity contribution in [2.45, 2.75) is 72.1 Å². The van der Waals surface area contributed by atoms with Crippen molar-refractivity contribution < 1.29 is 13.3 Å². The van der Waals surface area contributed by atoms with Crippen LogP contribution in [0.15, 0.2) is 11.3 Å². The van der Waals surface area contributed by atoms with E-state index in [0.717, 1.165) is 51.9 Å². The fourth-order valence-electron chi connectivity index (χ4n) is 2.41. The van der Waals surface area contributed by atoms with Crippen LogP contribution in [0.4, 0.5) is 0 Å². The Hall–Kier alpha value is -0.163. The van der Waals surface area contributed by atoms with Crippen LogP contribution in [0.25, 0.3) is 0 Å². The van der Waals surface area contributed by atoms with Gasteiger partial charge in [-0.25, -0.2) is 0 Å². The summed E-state index contributed by atoms with van der Waals surface area (Å²) in [6.07, 6.45) is 11.4. The van der Waals surface area contributed by atoms with E-state index < -0.39 is 8.80 Å². The lowest BCUT2D eigenvalue weighted by molar-refractivity contribution is 0.0672. The molecule has 1 aliphatic carbocycles. The van der Waals surface area contributed by atoms with Crippen LogP contribution >= 0.6 is 0 Å². The molecule has 0 aromatic heterocycles. The highest BCUT2D eigenvalue weighted by atomic mass is 28.4. The topological polar surface area (TPSA) is 27.7 Å². The summed E-state index contributed by atoms with van der Waals surface area (Å²) in [7, 11) is -2.63. The lowest BCUT2D eigenvalue weighted by Gasteiger charge is -2.31. The smallest absolute Gasteiger partial charge is 0.370 e. The largest absolute Gasteiger partial charge is 0.532 e. The molecular weight excluding hydrogens is 268 g/mol. The van der Waals surface area contributed by atoms with Crippen LogP contribution in [-0.4, -0.2) is 28.6 Å². The molecule has 4 heteroatoms. The Morgan fingerprint density at radius 3 is 1.90 bits per heavy atom. The molecule has 0 aliphatic heterocycles. The first-order chi connectivity index (χ1) is 9.79. The molecule has 1 aliphatic rings. The van der Waals surface area contributed by atoms with Gasteiger partial charge in [0.1, 0.15) is 0 Å². The van der Waals surface area contributed by atoms with E-state index in [2.05, 4.69) is 26.8 Å². The molecule has 0 saturated heterocycles. The summed E-state index contributed by atoms with van der Waals surface area (Å²) in [4.78, 5) is 0. The zero-order chi connectivity index (χ0) is 14.7. The summed E-state index contributed by atoms with van der Waals surface area (Å²) < 4.78 is 18.6. The molecule has 0 saturated carbocycles. The van der Waals surface area contributed by atoms with Crippen LogP contribution < -0.4 is 0 Å². The number of hydrogen-bond acceptors (Lipinski definition) is 3. The van der Waals surface area contributed by atoms with Crippen LogP contribution in [-0.2, 0) is 13.3 Å². The third-order valence-corrected chi connectivity index (χ3v) is 6.42. The third-order valence-electron chi connectivity index (χ3n) is 3.42. The van der Waals surface area contributed by atoms with Crippen molar-refractivity contribution in [1.82, 2.24) is 0 Å². The summed E-state index contributed by atoms with van der Waals surface area (Å²) in [5, 5.41) is 1.34. The monoisotopic (exact) mass is 300 g/mol. The van der Waals surface area contributed by atoms with Crippen LogP contribution in [0.3, 0.4) is 0 Å². The average molecular weight is 301 g/mol. The summed E-state index contributed by atoms with van der Waals surface area (Å²) in [6, 6.07) is 0. The fraction of sp³-hybridized carbons (Fsp3) is 0.875. The first kappa shape index (κ1) is 17.9. The lowest BCUT2D eigenvalue weighted by atomic mass is 10.2. The van der Waals surface area contributed by atoms with E-state index in [-0.39, 0.29) is 0 Å². The third kappa shape index (κ3) is 5.68. The van der Waals surface area contributed by atoms with E-state index in [9.17, 15) is 0 Å². The standard InChI is InChI=1S/C16H32O3Si/c1-4-13-17-20(18-14-5-2,19-15-6-3)16-11-9-7-8-10-12-16/h11H,4-10,12-15H2,1-3H3. The van der Waals surface area contributed by atoms with Gasteiger partial charge in [-0.15, -0.1) is 0 Å². The molecular formula is C16H32O3Si. The molecule has 0 aromatic rings. The number of hydrogen-bond donors (Lipinski definition) is 0. The second-order valence-corrected chi connectivity index (χ2v) is 8.05. The molecule has 118 valence electrons. The lowest BCUT2D eigenvalue weighted by Crippen LogP contribution is -2.49. The van der Waals surface area contributed by atoms with Crippen molar-refractivity contribution in [1.29, 1.82) is 0 Å². The van der Waals surface area contributed by atoms with Gasteiger partial charge in [0.2, 0.25) is 0 Å². The minimum Gasteiger partial charge on any atom is -0.370 e. The van der Waals surface area contributed by atoms with Gasteiger partial charge in [-0.05, 0) is 50.1 Å². The molecule has 0 aromatic carbocycles. The van der Waals surface area contributed by atoms with Crippen molar-refractivity contribution in [3.63, 3.8) is 0 Å². The second-order valence-electron chi connectivity index (χ2n) is 5.43. The van der Waals surface area contributed by atoms with Gasteiger partial charge in [0.15, 0.2) is 0 Å². The molecule has 0 unspecified atom stereocenters. The molecule has 0 radical (unpaired) electrons. The maximum absolute atomic E-state index is 6.20. The Morgan fingerprint density at radius 1 is 0.850 bits per heavy atom. The number of rotatable bonds is 10. The van der Waals surface area contributed by atoms with E-state index in [1.54, 1.807) is 0 Å². The van der Waals surface area contributed by atoms with Gasteiger partial charge in [-0.1, -0.05) is 33.3 Å². The Kier molecular flexibility index (Phi) is 9.43. The Balaban J connectivity index is 2.87. The van der Waals surface area contributed by atoms with Gasteiger partial charge in [-0.3, -0.25) is 0 Å². The predicted molar refractivity (Wildman–Crippen MR) is 85.7 cm³/mol. The SMILES string of the molecule is CCCO[Si](OCCC)(OCCC)C1=CCCCCC1. The quantitative estimate of drug-likeness (QED) is 0.550. The van der Waals surface area contributed by atoms with E-state index in [1.165, 1.54) is 24.5 Å². The van der Waals surface area contributed by atoms with Gasteiger partial charge in [0.05, 0.1) is 0 Å². The predicted octanol–water partition coefficient (Wildman–Crippen LogP) is 4.63. The molecule has 0 N–H and O–H groups in total. The second kappa shape index (κ2) is 10.5. The van der Waals surface area contributed by atoms with Crippen LogP contribution in [0.2, 0.25) is 0 Å². The Labute approximate surface area is 126 Å². The van der Waals surface area contributed by atoms with Crippen LogP contribution in [0.1, 0.15) is 72.1 Å². The maximum Gasteiger partial charge on any atom is 0.532 e. The summed E-state index contributed by atoms with van der Waals surface area (Å²) >= 11 is 0. The van der Waals surface area contributed by atoms with Crippen molar-refractivity contribution in [2.75, 3.05) is 19.8 Å². The summed E-state index contributed by atoms with van der Waals surface area (Å²) in [6.45, 7) is 8.62. The first-order valence-corrected chi connectivity index (χ1v) is 10.1. The first-order valence-electron chi connectivity index (χ1n) is 8.40. The average Bonchev–Trinajstić information content (AvgIpc) is 2.76. The zero-order valence-corrected chi connectivity index (χ0v) is 14.6. The molecule has 0 bridgehead atoms. The summed E-state index contributed by atoms with van der Waals surface area (Å²) in [5.41, 5.74) is 0. The molecule has 0 amide bonds. The Morgan fingerprint density at radius 2 is 1.40 bits per heavy atom. The van der Waals surface area contributed by atoms with Crippen molar-refractivity contribution in [3.05, 3.63) is 11.3 Å². The fourth-order valence-corrected chi connectivity index (χ4v) is 5.51. The zero-order valence-electron chi connectivity index (χ0n) is 13.6. The molecule has 0 atom stereocenters. The van der Waals surface area contributed by atoms with Crippen molar-refractivity contribution in [2.24, 2.45) is 0 Å². The Bertz CT molecular complexity index is 257. The van der Waals surface area contributed by atoms with Crippen LogP contribution in [0, 0.1) is 0 Å². The molecule has 3 nitrogen and oxygen atoms in total. The van der Waals surface area contributed by atoms with E-state index in [1.807, 2.05) is 0 Å². The van der Waals surface area contributed by atoms with Gasteiger partial charge >= 0.3 is 8.80 Å². The van der Waals surface area contributed by atoms with Crippen molar-refractivity contribution >= 4 is 8.80 Å². The maximum atomic E-state index is 6.20.